The lowest BCUT2D eigenvalue weighted by Gasteiger charge is -2.11. The molecule has 1 aromatic heterocycles. The van der Waals surface area contributed by atoms with E-state index in [-0.39, 0.29) is 11.7 Å². The second-order valence-corrected chi connectivity index (χ2v) is 7.41. The lowest BCUT2D eigenvalue weighted by molar-refractivity contribution is -0.113. The van der Waals surface area contributed by atoms with Crippen LogP contribution in [0.3, 0.4) is 0 Å². The highest BCUT2D eigenvalue weighted by atomic mass is 32.2. The summed E-state index contributed by atoms with van der Waals surface area (Å²) in [6, 6.07) is 15.9. The molecule has 146 valence electrons. The molecule has 0 radical (unpaired) electrons. The first-order chi connectivity index (χ1) is 13.6. The molecule has 6 nitrogen and oxygen atoms in total. The van der Waals surface area contributed by atoms with Gasteiger partial charge in [0.2, 0.25) is 5.91 Å². The molecule has 0 saturated heterocycles. The van der Waals surface area contributed by atoms with Crippen molar-refractivity contribution in [1.82, 2.24) is 14.8 Å². The fourth-order valence-corrected chi connectivity index (χ4v) is 3.62. The van der Waals surface area contributed by atoms with Gasteiger partial charge in [0.05, 0.1) is 18.9 Å². The van der Waals surface area contributed by atoms with E-state index < -0.39 is 0 Å². The Bertz CT molecular complexity index is 941. The van der Waals surface area contributed by atoms with Crippen LogP contribution in [0.1, 0.15) is 11.1 Å². The van der Waals surface area contributed by atoms with Crippen LogP contribution in [0.5, 0.6) is 0 Å². The number of aryl methyl sites for hydroxylation is 2. The first kappa shape index (κ1) is 20.1. The normalized spacial score (nSPS) is 10.8. The molecule has 0 aliphatic carbocycles. The average molecular weight is 397 g/mol. The summed E-state index contributed by atoms with van der Waals surface area (Å²) >= 11 is 1.37. The van der Waals surface area contributed by atoms with Gasteiger partial charge in [0, 0.05) is 18.4 Å². The quantitative estimate of drug-likeness (QED) is 0.584. The van der Waals surface area contributed by atoms with Gasteiger partial charge in [0.25, 0.3) is 0 Å². The van der Waals surface area contributed by atoms with Crippen LogP contribution < -0.4 is 5.32 Å². The minimum Gasteiger partial charge on any atom is -0.383 e. The highest BCUT2D eigenvalue weighted by molar-refractivity contribution is 7.99. The largest absolute Gasteiger partial charge is 0.383 e. The number of carbonyl (C=O) groups excluding carboxylic acids is 1. The molecule has 3 aromatic rings. The molecule has 3 rings (SSSR count). The van der Waals surface area contributed by atoms with Crippen LogP contribution in [0.4, 0.5) is 5.69 Å². The van der Waals surface area contributed by atoms with Gasteiger partial charge < -0.3 is 10.1 Å². The van der Waals surface area contributed by atoms with E-state index in [0.717, 1.165) is 22.6 Å². The number of ether oxygens (including phenoxy) is 1. The number of amides is 1. The summed E-state index contributed by atoms with van der Waals surface area (Å²) in [4.78, 5) is 12.4. The number of nitrogens with one attached hydrogen (secondary N) is 1. The molecule has 0 bridgehead atoms. The predicted octanol–water partition coefficient (Wildman–Crippen LogP) is 3.94. The Morgan fingerprint density at radius 3 is 2.64 bits per heavy atom. The number of carbonyl (C=O) groups is 1. The van der Waals surface area contributed by atoms with Crippen LogP contribution in [0.25, 0.3) is 11.4 Å². The molecule has 0 atom stereocenters. The second-order valence-electron chi connectivity index (χ2n) is 6.47. The zero-order valence-corrected chi connectivity index (χ0v) is 17.1. The van der Waals surface area contributed by atoms with Crippen LogP contribution >= 0.6 is 11.8 Å². The monoisotopic (exact) mass is 396 g/mol. The van der Waals surface area contributed by atoms with E-state index >= 15 is 0 Å². The molecule has 1 heterocycles. The Hall–Kier alpha value is -2.64. The number of hydrogen-bond acceptors (Lipinski definition) is 5. The van der Waals surface area contributed by atoms with Gasteiger partial charge in [-0.05, 0) is 25.5 Å². The number of methoxy groups -OCH3 is 1. The second kappa shape index (κ2) is 9.52. The molecule has 0 saturated carbocycles. The van der Waals surface area contributed by atoms with E-state index in [1.54, 1.807) is 7.11 Å². The third-order valence-electron chi connectivity index (χ3n) is 4.26. The number of nitrogens with zero attached hydrogens (tertiary/aromatic N) is 3. The molecule has 1 N–H and O–H groups in total. The minimum atomic E-state index is -0.0699. The smallest absolute Gasteiger partial charge is 0.234 e. The molecule has 7 heteroatoms. The van der Waals surface area contributed by atoms with Crippen molar-refractivity contribution < 1.29 is 9.53 Å². The van der Waals surface area contributed by atoms with E-state index in [9.17, 15) is 4.79 Å². The Morgan fingerprint density at radius 1 is 1.14 bits per heavy atom. The average Bonchev–Trinajstić information content (AvgIpc) is 3.10. The number of benzene rings is 2. The molecule has 0 aliphatic rings. The van der Waals surface area contributed by atoms with Crippen molar-refractivity contribution in [2.24, 2.45) is 0 Å². The van der Waals surface area contributed by atoms with Gasteiger partial charge in [0.15, 0.2) is 11.0 Å². The molecule has 0 spiro atoms. The van der Waals surface area contributed by atoms with Crippen molar-refractivity contribution in [1.29, 1.82) is 0 Å². The Labute approximate surface area is 169 Å². The topological polar surface area (TPSA) is 69.0 Å². The van der Waals surface area contributed by atoms with Gasteiger partial charge in [0.1, 0.15) is 0 Å². The molecular weight excluding hydrogens is 372 g/mol. The van der Waals surface area contributed by atoms with Gasteiger partial charge in [-0.3, -0.25) is 9.36 Å². The summed E-state index contributed by atoms with van der Waals surface area (Å²) in [5.74, 6) is 0.960. The van der Waals surface area contributed by atoms with Crippen molar-refractivity contribution in [3.8, 4) is 11.4 Å². The first-order valence-electron chi connectivity index (χ1n) is 9.06. The number of hydrogen-bond donors (Lipinski definition) is 1. The summed E-state index contributed by atoms with van der Waals surface area (Å²) in [5.41, 5.74) is 4.04. The number of rotatable bonds is 8. The zero-order chi connectivity index (χ0) is 19.9. The van der Waals surface area contributed by atoms with E-state index in [1.165, 1.54) is 17.3 Å². The van der Waals surface area contributed by atoms with Crippen molar-refractivity contribution in [3.63, 3.8) is 0 Å². The zero-order valence-electron chi connectivity index (χ0n) is 16.3. The highest BCUT2D eigenvalue weighted by Crippen LogP contribution is 2.24. The molecule has 0 fully saturated rings. The molecule has 1 amide bonds. The standard InChI is InChI=1S/C21H24N4O2S/c1-15-9-10-18(16(2)13-15)22-19(26)14-28-21-24-23-20(25(21)11-12-27-3)17-7-5-4-6-8-17/h4-10,13H,11-12,14H2,1-3H3,(H,22,26). The van der Waals surface area contributed by atoms with Gasteiger partial charge in [-0.2, -0.15) is 0 Å². The summed E-state index contributed by atoms with van der Waals surface area (Å²) in [6.07, 6.45) is 0. The van der Waals surface area contributed by atoms with Gasteiger partial charge in [-0.25, -0.2) is 0 Å². The fraction of sp³-hybridized carbons (Fsp3) is 0.286. The third-order valence-corrected chi connectivity index (χ3v) is 5.22. The van der Waals surface area contributed by atoms with Crippen LogP contribution in [0.2, 0.25) is 0 Å². The van der Waals surface area contributed by atoms with E-state index in [0.29, 0.717) is 18.3 Å². The summed E-state index contributed by atoms with van der Waals surface area (Å²) in [7, 11) is 1.66. The first-order valence-corrected chi connectivity index (χ1v) is 10.0. The van der Waals surface area contributed by atoms with Crippen LogP contribution in [-0.4, -0.2) is 40.1 Å². The maximum atomic E-state index is 12.4. The van der Waals surface area contributed by atoms with Crippen LogP contribution in [0.15, 0.2) is 53.7 Å². The Kier molecular flexibility index (Phi) is 6.84. The van der Waals surface area contributed by atoms with E-state index in [2.05, 4.69) is 21.6 Å². The molecular formula is C21H24N4O2S. The molecule has 2 aromatic carbocycles. The lowest BCUT2D eigenvalue weighted by atomic mass is 10.1. The highest BCUT2D eigenvalue weighted by Gasteiger charge is 2.15. The fourth-order valence-electron chi connectivity index (χ4n) is 2.85. The summed E-state index contributed by atoms with van der Waals surface area (Å²) < 4.78 is 7.22. The van der Waals surface area contributed by atoms with Gasteiger partial charge in [-0.15, -0.1) is 10.2 Å². The van der Waals surface area contributed by atoms with E-state index in [1.807, 2.05) is 60.9 Å². The van der Waals surface area contributed by atoms with Crippen molar-refractivity contribution >= 4 is 23.4 Å². The van der Waals surface area contributed by atoms with Gasteiger partial charge in [-0.1, -0.05) is 59.8 Å². The molecule has 0 aliphatic heterocycles. The van der Waals surface area contributed by atoms with Crippen LogP contribution in [-0.2, 0) is 16.1 Å². The number of thioether (sulfide) groups is 1. The maximum absolute atomic E-state index is 12.4. The van der Waals surface area contributed by atoms with Crippen molar-refractivity contribution in [2.75, 3.05) is 24.8 Å². The summed E-state index contributed by atoms with van der Waals surface area (Å²) in [6.45, 7) is 5.18. The predicted molar refractivity (Wildman–Crippen MR) is 113 cm³/mol. The number of anilines is 1. The van der Waals surface area contributed by atoms with E-state index in [4.69, 9.17) is 4.74 Å². The lowest BCUT2D eigenvalue weighted by Crippen LogP contribution is -2.16. The molecule has 28 heavy (non-hydrogen) atoms. The maximum Gasteiger partial charge on any atom is 0.234 e. The minimum absolute atomic E-state index is 0.0699. The SMILES string of the molecule is COCCn1c(SCC(=O)Nc2ccc(C)cc2C)nnc1-c1ccccc1. The van der Waals surface area contributed by atoms with Crippen molar-refractivity contribution in [2.45, 2.75) is 25.5 Å². The molecule has 0 unspecified atom stereocenters. The van der Waals surface area contributed by atoms with Crippen molar-refractivity contribution in [3.05, 3.63) is 59.7 Å². The third kappa shape index (κ3) is 4.99. The van der Waals surface area contributed by atoms with Crippen LogP contribution in [0, 0.1) is 13.8 Å². The van der Waals surface area contributed by atoms with Gasteiger partial charge >= 0.3 is 0 Å². The summed E-state index contributed by atoms with van der Waals surface area (Å²) in [5, 5.41) is 12.3. The Balaban J connectivity index is 1.71. The number of aromatic nitrogens is 3. The Morgan fingerprint density at radius 2 is 1.93 bits per heavy atom.